The van der Waals surface area contributed by atoms with Gasteiger partial charge in [-0.25, -0.2) is 0 Å². The summed E-state index contributed by atoms with van der Waals surface area (Å²) in [6.45, 7) is 6.45. The van der Waals surface area contributed by atoms with Gasteiger partial charge in [-0.1, -0.05) is 63.0 Å². The van der Waals surface area contributed by atoms with E-state index in [-0.39, 0.29) is 17.4 Å². The molecular weight excluding hydrogens is 262 g/mol. The first-order valence-electron chi connectivity index (χ1n) is 5.96. The minimum Gasteiger partial charge on any atom is -0.289 e. The molecule has 1 saturated heterocycles. The lowest BCUT2D eigenvalue weighted by Gasteiger charge is -2.33. The van der Waals surface area contributed by atoms with Crippen LogP contribution in [0.1, 0.15) is 31.1 Å². The molecule has 1 fully saturated rings. The molecule has 1 heterocycles. The topological polar surface area (TPSA) is 20.3 Å². The largest absolute Gasteiger partial charge is 0.289 e. The first kappa shape index (κ1) is 13.6. The van der Waals surface area contributed by atoms with Gasteiger partial charge in [-0.15, -0.1) is 0 Å². The summed E-state index contributed by atoms with van der Waals surface area (Å²) in [6.07, 6.45) is 0. The number of carbonyl (C=O) groups excluding carboxylic acids is 1. The average Bonchev–Trinajstić information content (AvgIpc) is 2.71. The molecule has 0 saturated carbocycles. The summed E-state index contributed by atoms with van der Waals surface area (Å²) in [5, 5.41) is 0. The van der Waals surface area contributed by atoms with Crippen molar-refractivity contribution in [2.75, 3.05) is 5.75 Å². The molecule has 0 spiro atoms. The van der Waals surface area contributed by atoms with E-state index in [2.05, 4.69) is 20.8 Å². The van der Waals surface area contributed by atoms with Crippen molar-refractivity contribution in [2.24, 2.45) is 5.41 Å². The maximum atomic E-state index is 12.5. The molecule has 2 nitrogen and oxygen atoms in total. The van der Waals surface area contributed by atoms with Crippen molar-refractivity contribution in [3.05, 3.63) is 35.9 Å². The zero-order valence-corrected chi connectivity index (χ0v) is 12.5. The molecule has 1 aliphatic heterocycles. The van der Waals surface area contributed by atoms with Crippen molar-refractivity contribution in [1.82, 2.24) is 4.90 Å². The molecule has 1 amide bonds. The van der Waals surface area contributed by atoms with Gasteiger partial charge in [0, 0.05) is 11.3 Å². The Balaban J connectivity index is 2.30. The highest BCUT2D eigenvalue weighted by Gasteiger charge is 2.40. The Kier molecular flexibility index (Phi) is 3.78. The summed E-state index contributed by atoms with van der Waals surface area (Å²) >= 11 is 6.93. The third kappa shape index (κ3) is 2.59. The lowest BCUT2D eigenvalue weighted by atomic mass is 9.87. The molecule has 1 unspecified atom stereocenters. The van der Waals surface area contributed by atoms with Crippen LogP contribution in [0, 0.1) is 5.41 Å². The fourth-order valence-corrected chi connectivity index (χ4v) is 3.72. The van der Waals surface area contributed by atoms with E-state index in [1.807, 2.05) is 30.3 Å². The smallest absolute Gasteiger partial charge is 0.259 e. The van der Waals surface area contributed by atoms with Gasteiger partial charge in [-0.05, 0) is 17.5 Å². The maximum Gasteiger partial charge on any atom is 0.259 e. The van der Waals surface area contributed by atoms with Crippen molar-refractivity contribution in [3.8, 4) is 0 Å². The molecule has 1 aromatic carbocycles. The molecule has 0 N–H and O–H groups in total. The standard InChI is InChI=1S/C14H17NOS2/c1-14(2,3)11-9-18-13(17)15(11)12(16)10-7-5-4-6-8-10/h4-8,11H,9H2,1-3H3. The lowest BCUT2D eigenvalue weighted by molar-refractivity contribution is 0.0751. The third-order valence-electron chi connectivity index (χ3n) is 3.11. The second kappa shape index (κ2) is 5.02. The van der Waals surface area contributed by atoms with E-state index < -0.39 is 0 Å². The van der Waals surface area contributed by atoms with Crippen molar-refractivity contribution in [3.63, 3.8) is 0 Å². The molecule has 0 aromatic heterocycles. The summed E-state index contributed by atoms with van der Waals surface area (Å²) in [5.74, 6) is 0.909. The Morgan fingerprint density at radius 1 is 1.33 bits per heavy atom. The van der Waals surface area contributed by atoms with Crippen molar-refractivity contribution in [1.29, 1.82) is 0 Å². The average molecular weight is 279 g/mol. The SMILES string of the molecule is CC(C)(C)C1CSC(=S)N1C(=O)c1ccccc1. The van der Waals surface area contributed by atoms with Crippen molar-refractivity contribution < 1.29 is 4.79 Å². The number of rotatable bonds is 1. The highest BCUT2D eigenvalue weighted by Crippen LogP contribution is 2.36. The van der Waals surface area contributed by atoms with E-state index in [0.29, 0.717) is 9.88 Å². The molecule has 1 aliphatic rings. The highest BCUT2D eigenvalue weighted by molar-refractivity contribution is 8.23. The zero-order chi connectivity index (χ0) is 13.3. The first-order valence-corrected chi connectivity index (χ1v) is 7.36. The molecule has 0 aliphatic carbocycles. The fourth-order valence-electron chi connectivity index (χ4n) is 2.00. The van der Waals surface area contributed by atoms with E-state index in [9.17, 15) is 4.79 Å². The number of benzene rings is 1. The van der Waals surface area contributed by atoms with E-state index >= 15 is 0 Å². The summed E-state index contributed by atoms with van der Waals surface area (Å²) in [5.41, 5.74) is 0.745. The lowest BCUT2D eigenvalue weighted by Crippen LogP contribution is -2.45. The number of hydrogen-bond donors (Lipinski definition) is 0. The minimum atomic E-state index is 0.0190. The van der Waals surface area contributed by atoms with Crippen LogP contribution in [0.4, 0.5) is 0 Å². The van der Waals surface area contributed by atoms with Gasteiger partial charge in [-0.2, -0.15) is 0 Å². The molecule has 1 atom stereocenters. The van der Waals surface area contributed by atoms with Gasteiger partial charge in [0.05, 0.1) is 6.04 Å². The van der Waals surface area contributed by atoms with Crippen LogP contribution in [0.25, 0.3) is 0 Å². The Morgan fingerprint density at radius 2 is 1.94 bits per heavy atom. The molecule has 18 heavy (non-hydrogen) atoms. The van der Waals surface area contributed by atoms with Gasteiger partial charge in [-0.3, -0.25) is 9.69 Å². The molecule has 4 heteroatoms. The molecule has 0 bridgehead atoms. The van der Waals surface area contributed by atoms with Crippen LogP contribution in [0.2, 0.25) is 0 Å². The Morgan fingerprint density at radius 3 is 2.50 bits per heavy atom. The molecular formula is C14H17NOS2. The van der Waals surface area contributed by atoms with E-state index in [1.165, 1.54) is 0 Å². The summed E-state index contributed by atoms with van der Waals surface area (Å²) in [6, 6.07) is 9.52. The summed E-state index contributed by atoms with van der Waals surface area (Å²) in [4.78, 5) is 14.3. The van der Waals surface area contributed by atoms with Crippen LogP contribution in [0.3, 0.4) is 0 Å². The Hall–Kier alpha value is -0.870. The highest BCUT2D eigenvalue weighted by atomic mass is 32.2. The first-order chi connectivity index (χ1) is 8.41. The second-order valence-corrected chi connectivity index (χ2v) is 7.15. The number of amides is 1. The number of hydrogen-bond acceptors (Lipinski definition) is 3. The van der Waals surface area contributed by atoms with Crippen LogP contribution in [0.15, 0.2) is 30.3 Å². The number of nitrogens with zero attached hydrogens (tertiary/aromatic N) is 1. The molecule has 2 rings (SSSR count). The number of thiocarbonyl (C=S) groups is 1. The van der Waals surface area contributed by atoms with Gasteiger partial charge in [0.15, 0.2) is 0 Å². The Labute approximate surface area is 118 Å². The van der Waals surface area contributed by atoms with E-state index in [0.717, 1.165) is 5.75 Å². The van der Waals surface area contributed by atoms with Crippen LogP contribution >= 0.6 is 24.0 Å². The van der Waals surface area contributed by atoms with Gasteiger partial charge in [0.1, 0.15) is 4.32 Å². The minimum absolute atomic E-state index is 0.0190. The Bertz CT molecular complexity index is 464. The monoisotopic (exact) mass is 279 g/mol. The molecule has 1 aromatic rings. The third-order valence-corrected chi connectivity index (χ3v) is 4.59. The predicted octanol–water partition coefficient (Wildman–Crippen LogP) is 3.58. The quantitative estimate of drug-likeness (QED) is 0.733. The van der Waals surface area contributed by atoms with Crippen LogP contribution in [0.5, 0.6) is 0 Å². The van der Waals surface area contributed by atoms with Crippen LogP contribution < -0.4 is 0 Å². The van der Waals surface area contributed by atoms with Gasteiger partial charge in [0.2, 0.25) is 0 Å². The van der Waals surface area contributed by atoms with Crippen molar-refractivity contribution >= 4 is 34.2 Å². The molecule has 96 valence electrons. The molecule has 0 radical (unpaired) electrons. The van der Waals surface area contributed by atoms with E-state index in [1.54, 1.807) is 16.7 Å². The van der Waals surface area contributed by atoms with E-state index in [4.69, 9.17) is 12.2 Å². The van der Waals surface area contributed by atoms with Gasteiger partial charge < -0.3 is 0 Å². The predicted molar refractivity (Wildman–Crippen MR) is 80.9 cm³/mol. The second-order valence-electron chi connectivity index (χ2n) is 5.50. The van der Waals surface area contributed by atoms with Crippen LogP contribution in [-0.2, 0) is 0 Å². The zero-order valence-electron chi connectivity index (χ0n) is 10.8. The van der Waals surface area contributed by atoms with Crippen LogP contribution in [-0.4, -0.2) is 26.9 Å². The normalized spacial score (nSPS) is 20.3. The summed E-state index contributed by atoms with van der Waals surface area (Å²) in [7, 11) is 0. The van der Waals surface area contributed by atoms with Crippen molar-refractivity contribution in [2.45, 2.75) is 26.8 Å². The summed E-state index contributed by atoms with van der Waals surface area (Å²) < 4.78 is 0.698. The van der Waals surface area contributed by atoms with Gasteiger partial charge >= 0.3 is 0 Å². The fraction of sp³-hybridized carbons (Fsp3) is 0.429. The maximum absolute atomic E-state index is 12.5. The number of carbonyl (C=O) groups is 1. The van der Waals surface area contributed by atoms with Gasteiger partial charge in [0.25, 0.3) is 5.91 Å². The number of thioether (sulfide) groups is 1.